The number of carbonyl (C=O) groups excluding carboxylic acids is 1. The highest BCUT2D eigenvalue weighted by molar-refractivity contribution is 6.00. The number of rotatable bonds is 4. The molecule has 1 aliphatic rings. The second-order valence-corrected chi connectivity index (χ2v) is 6.21. The predicted molar refractivity (Wildman–Crippen MR) is 92.0 cm³/mol. The molecule has 1 N–H and O–H groups in total. The molecule has 1 fully saturated rings. The van der Waals surface area contributed by atoms with Crippen molar-refractivity contribution in [2.45, 2.75) is 18.3 Å². The SMILES string of the molecule is N#Cc1cccc(C2(C(=O)Nc3ccn(-c4ccnc(F)c4)n3)CC2)c1. The van der Waals surface area contributed by atoms with E-state index in [1.54, 1.807) is 36.5 Å². The molecule has 2 aromatic heterocycles. The maximum Gasteiger partial charge on any atom is 0.236 e. The first-order valence-corrected chi connectivity index (χ1v) is 8.10. The Morgan fingerprint density at radius 2 is 2.12 bits per heavy atom. The van der Waals surface area contributed by atoms with Crippen molar-refractivity contribution in [3.05, 3.63) is 71.9 Å². The number of carbonyl (C=O) groups is 1. The van der Waals surface area contributed by atoms with Crippen LogP contribution in [0.1, 0.15) is 24.0 Å². The van der Waals surface area contributed by atoms with E-state index in [1.807, 2.05) is 6.07 Å². The van der Waals surface area contributed by atoms with Crippen LogP contribution in [0.25, 0.3) is 5.69 Å². The molecule has 0 spiro atoms. The summed E-state index contributed by atoms with van der Waals surface area (Å²) in [7, 11) is 0. The Kier molecular flexibility index (Phi) is 3.73. The van der Waals surface area contributed by atoms with Crippen molar-refractivity contribution in [2.75, 3.05) is 5.32 Å². The molecule has 0 aliphatic heterocycles. The number of benzene rings is 1. The van der Waals surface area contributed by atoms with E-state index in [-0.39, 0.29) is 5.91 Å². The molecule has 1 aromatic carbocycles. The van der Waals surface area contributed by atoms with Crippen LogP contribution in [-0.4, -0.2) is 20.7 Å². The maximum atomic E-state index is 13.2. The number of hydrogen-bond donors (Lipinski definition) is 1. The lowest BCUT2D eigenvalue weighted by Crippen LogP contribution is -2.28. The van der Waals surface area contributed by atoms with Crippen LogP contribution in [-0.2, 0) is 10.2 Å². The van der Waals surface area contributed by atoms with Crippen LogP contribution in [0.15, 0.2) is 54.9 Å². The lowest BCUT2D eigenvalue weighted by Gasteiger charge is -2.15. The van der Waals surface area contributed by atoms with Gasteiger partial charge in [0.25, 0.3) is 0 Å². The molecule has 1 amide bonds. The Balaban J connectivity index is 1.55. The first-order chi connectivity index (χ1) is 12.6. The summed E-state index contributed by atoms with van der Waals surface area (Å²) in [5, 5.41) is 16.1. The van der Waals surface area contributed by atoms with Crippen molar-refractivity contribution < 1.29 is 9.18 Å². The zero-order valence-corrected chi connectivity index (χ0v) is 13.7. The molecule has 128 valence electrons. The second kappa shape index (κ2) is 6.08. The molecule has 2 heterocycles. The summed E-state index contributed by atoms with van der Waals surface area (Å²) in [6.45, 7) is 0. The van der Waals surface area contributed by atoms with E-state index in [1.165, 1.54) is 16.9 Å². The molecule has 1 saturated carbocycles. The van der Waals surface area contributed by atoms with Crippen molar-refractivity contribution in [1.29, 1.82) is 5.26 Å². The average Bonchev–Trinajstić information content (AvgIpc) is 3.35. The summed E-state index contributed by atoms with van der Waals surface area (Å²) >= 11 is 0. The van der Waals surface area contributed by atoms with Crippen LogP contribution >= 0.6 is 0 Å². The van der Waals surface area contributed by atoms with E-state index < -0.39 is 11.4 Å². The molecule has 0 saturated heterocycles. The quantitative estimate of drug-likeness (QED) is 0.736. The minimum absolute atomic E-state index is 0.154. The highest BCUT2D eigenvalue weighted by Crippen LogP contribution is 2.49. The van der Waals surface area contributed by atoms with E-state index >= 15 is 0 Å². The van der Waals surface area contributed by atoms with Crippen molar-refractivity contribution >= 4 is 11.7 Å². The number of amides is 1. The molecule has 0 unspecified atom stereocenters. The lowest BCUT2D eigenvalue weighted by molar-refractivity contribution is -0.118. The van der Waals surface area contributed by atoms with E-state index in [0.29, 0.717) is 17.1 Å². The number of anilines is 1. The fourth-order valence-corrected chi connectivity index (χ4v) is 2.96. The van der Waals surface area contributed by atoms with Crippen molar-refractivity contribution in [1.82, 2.24) is 14.8 Å². The highest BCUT2D eigenvalue weighted by Gasteiger charge is 2.51. The van der Waals surface area contributed by atoms with Crippen LogP contribution in [0.2, 0.25) is 0 Å². The number of pyridine rings is 1. The van der Waals surface area contributed by atoms with Crippen LogP contribution in [0, 0.1) is 17.3 Å². The number of aromatic nitrogens is 3. The van der Waals surface area contributed by atoms with Gasteiger partial charge in [-0.15, -0.1) is 0 Å². The summed E-state index contributed by atoms with van der Waals surface area (Å²) in [4.78, 5) is 16.3. The number of hydrogen-bond acceptors (Lipinski definition) is 4. The molecule has 6 nitrogen and oxygen atoms in total. The van der Waals surface area contributed by atoms with Gasteiger partial charge in [0.05, 0.1) is 22.7 Å². The standard InChI is InChI=1S/C19H14FN5O/c20-16-11-15(4-8-22-16)25-9-5-17(24-25)23-18(26)19(6-7-19)14-3-1-2-13(10-14)12-21/h1-5,8-11H,6-7H2,(H,23,24,26). The molecule has 7 heteroatoms. The zero-order valence-electron chi connectivity index (χ0n) is 13.7. The van der Waals surface area contributed by atoms with Crippen LogP contribution in [0.4, 0.5) is 10.2 Å². The van der Waals surface area contributed by atoms with Crippen molar-refractivity contribution in [3.63, 3.8) is 0 Å². The highest BCUT2D eigenvalue weighted by atomic mass is 19.1. The molecule has 3 aromatic rings. The lowest BCUT2D eigenvalue weighted by atomic mass is 9.93. The fourth-order valence-electron chi connectivity index (χ4n) is 2.96. The molecule has 0 radical (unpaired) electrons. The minimum Gasteiger partial charge on any atom is -0.308 e. The maximum absolute atomic E-state index is 13.2. The van der Waals surface area contributed by atoms with E-state index in [0.717, 1.165) is 18.4 Å². The Morgan fingerprint density at radius 3 is 2.85 bits per heavy atom. The average molecular weight is 347 g/mol. The molecular formula is C19H14FN5O. The number of nitrogens with one attached hydrogen (secondary N) is 1. The van der Waals surface area contributed by atoms with Gasteiger partial charge in [0.15, 0.2) is 5.82 Å². The van der Waals surface area contributed by atoms with Gasteiger partial charge in [0, 0.05) is 24.5 Å². The fraction of sp³-hybridized carbons (Fsp3) is 0.158. The zero-order chi connectivity index (χ0) is 18.1. The van der Waals surface area contributed by atoms with Crippen LogP contribution in [0.3, 0.4) is 0 Å². The molecule has 4 rings (SSSR count). The largest absolute Gasteiger partial charge is 0.308 e. The van der Waals surface area contributed by atoms with Gasteiger partial charge in [0.1, 0.15) is 0 Å². The first-order valence-electron chi connectivity index (χ1n) is 8.10. The first kappa shape index (κ1) is 16.0. The molecular weight excluding hydrogens is 333 g/mol. The summed E-state index contributed by atoms with van der Waals surface area (Å²) < 4.78 is 14.7. The summed E-state index contributed by atoms with van der Waals surface area (Å²) in [6.07, 6.45) is 4.44. The number of nitriles is 1. The van der Waals surface area contributed by atoms with E-state index in [9.17, 15) is 9.18 Å². The Hall–Kier alpha value is -3.53. The van der Waals surface area contributed by atoms with Gasteiger partial charge >= 0.3 is 0 Å². The van der Waals surface area contributed by atoms with E-state index in [4.69, 9.17) is 5.26 Å². The van der Waals surface area contributed by atoms with Gasteiger partial charge < -0.3 is 5.32 Å². The Labute approximate surface area is 148 Å². The number of nitrogens with zero attached hydrogens (tertiary/aromatic N) is 4. The second-order valence-electron chi connectivity index (χ2n) is 6.21. The van der Waals surface area contributed by atoms with Gasteiger partial charge in [-0.05, 0) is 36.6 Å². The third-order valence-electron chi connectivity index (χ3n) is 4.53. The molecule has 1 aliphatic carbocycles. The summed E-state index contributed by atoms with van der Waals surface area (Å²) in [5.41, 5.74) is 1.27. The van der Waals surface area contributed by atoms with Gasteiger partial charge in [0.2, 0.25) is 11.9 Å². The normalized spacial score (nSPS) is 14.5. The smallest absolute Gasteiger partial charge is 0.236 e. The molecule has 0 bridgehead atoms. The van der Waals surface area contributed by atoms with Crippen LogP contribution < -0.4 is 5.32 Å². The van der Waals surface area contributed by atoms with Crippen molar-refractivity contribution in [3.8, 4) is 11.8 Å². The molecule has 26 heavy (non-hydrogen) atoms. The van der Waals surface area contributed by atoms with Gasteiger partial charge in [-0.1, -0.05) is 12.1 Å². The van der Waals surface area contributed by atoms with Gasteiger partial charge in [-0.25, -0.2) is 9.67 Å². The topological polar surface area (TPSA) is 83.6 Å². The molecule has 0 atom stereocenters. The van der Waals surface area contributed by atoms with Crippen LogP contribution in [0.5, 0.6) is 0 Å². The third-order valence-corrected chi connectivity index (χ3v) is 4.53. The van der Waals surface area contributed by atoms with Gasteiger partial charge in [-0.2, -0.15) is 14.8 Å². The summed E-state index contributed by atoms with van der Waals surface area (Å²) in [5.74, 6) is -0.369. The Bertz CT molecular complexity index is 1030. The van der Waals surface area contributed by atoms with Crippen molar-refractivity contribution in [2.24, 2.45) is 0 Å². The monoisotopic (exact) mass is 347 g/mol. The predicted octanol–water partition coefficient (Wildman–Crippen LogP) is 2.95. The number of halogens is 1. The van der Waals surface area contributed by atoms with E-state index in [2.05, 4.69) is 21.5 Å². The summed E-state index contributed by atoms with van der Waals surface area (Å²) in [6, 6.07) is 13.8. The Morgan fingerprint density at radius 1 is 1.27 bits per heavy atom. The third kappa shape index (κ3) is 2.82. The van der Waals surface area contributed by atoms with Gasteiger partial charge in [-0.3, -0.25) is 4.79 Å². The minimum atomic E-state index is -0.612.